The number of hydrogen-bond acceptors (Lipinski definition) is 4. The lowest BCUT2D eigenvalue weighted by Gasteiger charge is -2.27. The molecule has 0 fully saturated rings. The molecule has 0 radical (unpaired) electrons. The van der Waals surface area contributed by atoms with Crippen LogP contribution in [0.3, 0.4) is 0 Å². The van der Waals surface area contributed by atoms with Crippen molar-refractivity contribution >= 4 is 28.5 Å². The lowest BCUT2D eigenvalue weighted by molar-refractivity contribution is -0.121. The SMILES string of the molecule is CCCCCC(=O)C(S)(CCCC)CCCC.O=S(=O)(O)C(F)(F)F. The van der Waals surface area contributed by atoms with Crippen LogP contribution in [0.4, 0.5) is 13.2 Å². The van der Waals surface area contributed by atoms with E-state index in [2.05, 4.69) is 20.8 Å². The quantitative estimate of drug-likeness (QED) is 0.203. The van der Waals surface area contributed by atoms with Gasteiger partial charge in [0.1, 0.15) is 5.78 Å². The van der Waals surface area contributed by atoms with Gasteiger partial charge in [-0.2, -0.15) is 34.2 Å². The van der Waals surface area contributed by atoms with E-state index in [9.17, 15) is 18.0 Å². The molecular weight excluding hydrogens is 377 g/mol. The Hall–Kier alpha value is -0.280. The molecule has 0 rings (SSSR count). The van der Waals surface area contributed by atoms with Crippen LogP contribution in [0.1, 0.15) is 85.0 Å². The van der Waals surface area contributed by atoms with Gasteiger partial charge in [0.2, 0.25) is 0 Å². The fourth-order valence-corrected chi connectivity index (χ4v) is 2.54. The van der Waals surface area contributed by atoms with Crippen LogP contribution in [-0.2, 0) is 14.9 Å². The number of rotatable bonds is 11. The summed E-state index contributed by atoms with van der Waals surface area (Å²) in [7, 11) is -5.84. The van der Waals surface area contributed by atoms with E-state index in [1.807, 2.05) is 0 Å². The second-order valence-electron chi connectivity index (χ2n) is 6.04. The molecule has 1 N–H and O–H groups in total. The van der Waals surface area contributed by atoms with Gasteiger partial charge >= 0.3 is 15.6 Å². The van der Waals surface area contributed by atoms with E-state index in [4.69, 9.17) is 25.6 Å². The predicted octanol–water partition coefficient (Wildman–Crippen LogP) is 5.58. The Bertz CT molecular complexity index is 454. The van der Waals surface area contributed by atoms with Gasteiger partial charge in [-0.05, 0) is 19.3 Å². The molecule has 9 heteroatoms. The van der Waals surface area contributed by atoms with Crippen LogP contribution >= 0.6 is 12.6 Å². The van der Waals surface area contributed by atoms with Crippen molar-refractivity contribution < 1.29 is 30.9 Å². The molecule has 0 aliphatic rings. The molecule has 0 bridgehead atoms. The third-order valence-corrected chi connectivity index (χ3v) is 4.99. The summed E-state index contributed by atoms with van der Waals surface area (Å²) in [5.74, 6) is 0.385. The minimum Gasteiger partial charge on any atom is -0.298 e. The number of carbonyl (C=O) groups excluding carboxylic acids is 1. The molecule has 0 amide bonds. The summed E-state index contributed by atoms with van der Waals surface area (Å²) in [5.41, 5.74) is -5.53. The number of hydrogen-bond donors (Lipinski definition) is 2. The number of Topliss-reactive ketones (excluding diaryl/α,β-unsaturated/α-hetero) is 1. The Kier molecular flexibility index (Phi) is 14.0. The molecule has 0 aliphatic heterocycles. The summed E-state index contributed by atoms with van der Waals surface area (Å²) in [5, 5.41) is 0. The third-order valence-electron chi connectivity index (χ3n) is 3.71. The Morgan fingerprint density at radius 3 is 1.56 bits per heavy atom. The highest BCUT2D eigenvalue weighted by Gasteiger charge is 2.44. The average Bonchev–Trinajstić information content (AvgIpc) is 2.49. The maximum atomic E-state index is 12.3. The van der Waals surface area contributed by atoms with Gasteiger partial charge in [0.05, 0.1) is 4.75 Å². The smallest absolute Gasteiger partial charge is 0.298 e. The highest BCUT2D eigenvalue weighted by Crippen LogP contribution is 2.31. The van der Waals surface area contributed by atoms with Crippen LogP contribution in [0.5, 0.6) is 0 Å². The van der Waals surface area contributed by atoms with E-state index < -0.39 is 15.6 Å². The van der Waals surface area contributed by atoms with Gasteiger partial charge in [-0.15, -0.1) is 0 Å². The van der Waals surface area contributed by atoms with Gasteiger partial charge in [0.25, 0.3) is 0 Å². The van der Waals surface area contributed by atoms with E-state index in [0.717, 1.165) is 57.8 Å². The van der Waals surface area contributed by atoms with Crippen LogP contribution < -0.4 is 0 Å². The maximum absolute atomic E-state index is 12.3. The summed E-state index contributed by atoms with van der Waals surface area (Å²) in [6, 6.07) is 0. The molecule has 0 aromatic carbocycles. The third kappa shape index (κ3) is 12.7. The molecule has 0 saturated carbocycles. The number of unbranched alkanes of at least 4 members (excludes halogenated alkanes) is 4. The van der Waals surface area contributed by atoms with Gasteiger partial charge in [0.15, 0.2) is 0 Å². The van der Waals surface area contributed by atoms with Crippen LogP contribution in [0, 0.1) is 0 Å². The zero-order chi connectivity index (χ0) is 20.1. The van der Waals surface area contributed by atoms with Crippen molar-refractivity contribution in [3.63, 3.8) is 0 Å². The van der Waals surface area contributed by atoms with Crippen molar-refractivity contribution in [3.8, 4) is 0 Å². The molecule has 0 aromatic rings. The first-order chi connectivity index (χ1) is 11.4. The van der Waals surface area contributed by atoms with E-state index in [1.54, 1.807) is 0 Å². The lowest BCUT2D eigenvalue weighted by Crippen LogP contribution is -2.32. The second-order valence-corrected chi connectivity index (χ2v) is 8.31. The molecule has 0 atom stereocenters. The molecular formula is C16H31F3O4S2. The fraction of sp³-hybridized carbons (Fsp3) is 0.938. The van der Waals surface area contributed by atoms with Crippen molar-refractivity contribution in [3.05, 3.63) is 0 Å². The van der Waals surface area contributed by atoms with E-state index in [-0.39, 0.29) is 4.75 Å². The molecule has 0 unspecified atom stereocenters. The van der Waals surface area contributed by atoms with Crippen molar-refractivity contribution in [2.24, 2.45) is 0 Å². The normalized spacial score (nSPS) is 12.5. The van der Waals surface area contributed by atoms with Crippen molar-refractivity contribution in [2.45, 2.75) is 95.2 Å². The van der Waals surface area contributed by atoms with Crippen molar-refractivity contribution in [1.82, 2.24) is 0 Å². The summed E-state index contributed by atoms with van der Waals surface area (Å²) in [6.45, 7) is 6.53. The Balaban J connectivity index is 0. The second kappa shape index (κ2) is 13.0. The zero-order valence-electron chi connectivity index (χ0n) is 15.2. The van der Waals surface area contributed by atoms with Crippen molar-refractivity contribution in [2.75, 3.05) is 0 Å². The zero-order valence-corrected chi connectivity index (χ0v) is 16.9. The summed E-state index contributed by atoms with van der Waals surface area (Å²) < 4.78 is 57.2. The molecule has 25 heavy (non-hydrogen) atoms. The molecule has 0 aromatic heterocycles. The van der Waals surface area contributed by atoms with E-state index >= 15 is 0 Å². The lowest BCUT2D eigenvalue weighted by atomic mass is 9.88. The summed E-state index contributed by atoms with van der Waals surface area (Å²) >= 11 is 4.73. The molecule has 152 valence electrons. The average molecular weight is 409 g/mol. The summed E-state index contributed by atoms with van der Waals surface area (Å²) in [6.07, 6.45) is 10.6. The topological polar surface area (TPSA) is 71.4 Å². The van der Waals surface area contributed by atoms with E-state index in [0.29, 0.717) is 5.78 Å². The van der Waals surface area contributed by atoms with Crippen LogP contribution in [0.2, 0.25) is 0 Å². The predicted molar refractivity (Wildman–Crippen MR) is 97.5 cm³/mol. The first-order valence-electron chi connectivity index (χ1n) is 8.65. The number of alkyl halides is 3. The number of thiol groups is 1. The number of carbonyl (C=O) groups is 1. The minimum atomic E-state index is -5.84. The van der Waals surface area contributed by atoms with Gasteiger partial charge in [-0.1, -0.05) is 59.3 Å². The molecule has 0 spiro atoms. The van der Waals surface area contributed by atoms with Gasteiger partial charge in [-0.25, -0.2) is 0 Å². The van der Waals surface area contributed by atoms with Crippen LogP contribution in [0.15, 0.2) is 0 Å². The van der Waals surface area contributed by atoms with Crippen LogP contribution in [-0.4, -0.2) is 29.0 Å². The maximum Gasteiger partial charge on any atom is 0.522 e. The van der Waals surface area contributed by atoms with Crippen molar-refractivity contribution in [1.29, 1.82) is 0 Å². The van der Waals surface area contributed by atoms with Gasteiger partial charge in [0, 0.05) is 6.42 Å². The van der Waals surface area contributed by atoms with E-state index in [1.165, 1.54) is 6.42 Å². The Morgan fingerprint density at radius 1 is 0.920 bits per heavy atom. The number of ketones is 1. The Labute approximate surface area is 155 Å². The monoisotopic (exact) mass is 408 g/mol. The first-order valence-corrected chi connectivity index (χ1v) is 10.5. The van der Waals surface area contributed by atoms with Crippen LogP contribution in [0.25, 0.3) is 0 Å². The first kappa shape index (κ1) is 26.9. The molecule has 0 aliphatic carbocycles. The Morgan fingerprint density at radius 2 is 1.28 bits per heavy atom. The minimum absolute atomic E-state index is 0.334. The fourth-order valence-electron chi connectivity index (χ4n) is 2.11. The number of halogens is 3. The highest BCUT2D eigenvalue weighted by molar-refractivity contribution is 7.86. The van der Waals surface area contributed by atoms with Gasteiger partial charge < -0.3 is 0 Å². The molecule has 0 saturated heterocycles. The molecule has 4 nitrogen and oxygen atoms in total. The largest absolute Gasteiger partial charge is 0.522 e. The summed E-state index contributed by atoms with van der Waals surface area (Å²) in [4.78, 5) is 12.3. The van der Waals surface area contributed by atoms with Gasteiger partial charge in [-0.3, -0.25) is 9.35 Å². The molecule has 0 heterocycles. The standard InChI is InChI=1S/C15H30OS.CHF3O3S/c1-4-7-10-11-14(16)15(17,12-8-5-2)13-9-6-3;2-1(3,4)8(5,6)7/h17H,4-13H2,1-3H3;(H,5,6,7). The highest BCUT2D eigenvalue weighted by atomic mass is 32.2.